The van der Waals surface area contributed by atoms with Crippen LogP contribution in [0.2, 0.25) is 0 Å². The van der Waals surface area contributed by atoms with E-state index in [2.05, 4.69) is 23.3 Å². The molecule has 16 heavy (non-hydrogen) atoms. The highest BCUT2D eigenvalue weighted by Gasteiger charge is 2.37. The Morgan fingerprint density at radius 3 is 2.75 bits per heavy atom. The van der Waals surface area contributed by atoms with Crippen molar-refractivity contribution in [3.8, 4) is 5.75 Å². The van der Waals surface area contributed by atoms with Crippen LogP contribution in [0.25, 0.3) is 0 Å². The third-order valence-electron chi connectivity index (χ3n) is 3.94. The van der Waals surface area contributed by atoms with Gasteiger partial charge in [0.25, 0.3) is 0 Å². The number of rotatable bonds is 1. The lowest BCUT2D eigenvalue weighted by Gasteiger charge is -2.31. The van der Waals surface area contributed by atoms with Crippen LogP contribution in [0.15, 0.2) is 23.2 Å². The summed E-state index contributed by atoms with van der Waals surface area (Å²) in [6, 6.07) is 6.25. The molecule has 84 valence electrons. The fourth-order valence-electron chi connectivity index (χ4n) is 3.00. The largest absolute Gasteiger partial charge is 0.497 e. The van der Waals surface area contributed by atoms with Crippen molar-refractivity contribution < 1.29 is 4.74 Å². The van der Waals surface area contributed by atoms with Gasteiger partial charge in [-0.3, -0.25) is 4.99 Å². The molecule has 1 saturated carbocycles. The number of benzene rings is 1. The van der Waals surface area contributed by atoms with Crippen LogP contribution < -0.4 is 4.74 Å². The van der Waals surface area contributed by atoms with Gasteiger partial charge in [-0.05, 0) is 36.6 Å². The van der Waals surface area contributed by atoms with Crippen LogP contribution >= 0.6 is 0 Å². The first-order valence-electron chi connectivity index (χ1n) is 6.08. The lowest BCUT2D eigenvalue weighted by Crippen LogP contribution is -2.28. The summed E-state index contributed by atoms with van der Waals surface area (Å²) in [7, 11) is 1.73. The maximum Gasteiger partial charge on any atom is 0.119 e. The predicted molar refractivity (Wildman–Crippen MR) is 65.9 cm³/mol. The molecule has 3 rings (SSSR count). The van der Waals surface area contributed by atoms with Gasteiger partial charge >= 0.3 is 0 Å². The van der Waals surface area contributed by atoms with Crippen LogP contribution in [0.1, 0.15) is 37.7 Å². The average Bonchev–Trinajstić information content (AvgIpc) is 2.69. The quantitative estimate of drug-likeness (QED) is 0.701. The van der Waals surface area contributed by atoms with Crippen molar-refractivity contribution in [2.45, 2.75) is 37.5 Å². The molecular weight excluding hydrogens is 198 g/mol. The number of fused-ring (bicyclic) bond motifs is 2. The average molecular weight is 215 g/mol. The van der Waals surface area contributed by atoms with Gasteiger partial charge in [-0.2, -0.15) is 0 Å². The van der Waals surface area contributed by atoms with E-state index in [1.54, 1.807) is 7.11 Å². The maximum atomic E-state index is 5.32. The second kappa shape index (κ2) is 3.62. The van der Waals surface area contributed by atoms with E-state index in [9.17, 15) is 0 Å². The summed E-state index contributed by atoms with van der Waals surface area (Å²) < 4.78 is 5.32. The molecule has 0 N–H and O–H groups in total. The van der Waals surface area contributed by atoms with Gasteiger partial charge in [0.1, 0.15) is 5.75 Å². The third kappa shape index (κ3) is 1.36. The molecule has 1 heterocycles. The second-order valence-electron chi connectivity index (χ2n) is 4.86. The Morgan fingerprint density at radius 2 is 2.00 bits per heavy atom. The lowest BCUT2D eigenvalue weighted by molar-refractivity contribution is 0.386. The Hall–Kier alpha value is -1.31. The van der Waals surface area contributed by atoms with E-state index in [-0.39, 0.29) is 5.41 Å². The van der Waals surface area contributed by atoms with Gasteiger partial charge in [-0.1, -0.05) is 19.3 Å². The van der Waals surface area contributed by atoms with Gasteiger partial charge in [0.2, 0.25) is 0 Å². The van der Waals surface area contributed by atoms with Crippen molar-refractivity contribution in [2.24, 2.45) is 4.99 Å². The molecule has 0 bridgehead atoms. The minimum Gasteiger partial charge on any atom is -0.497 e. The van der Waals surface area contributed by atoms with Crippen LogP contribution in [0.3, 0.4) is 0 Å². The summed E-state index contributed by atoms with van der Waals surface area (Å²) in [5, 5.41) is 0. The number of hydrogen-bond acceptors (Lipinski definition) is 2. The van der Waals surface area contributed by atoms with Crippen molar-refractivity contribution in [3.63, 3.8) is 0 Å². The molecule has 0 radical (unpaired) electrons. The Labute approximate surface area is 96.3 Å². The Morgan fingerprint density at radius 1 is 1.19 bits per heavy atom. The maximum absolute atomic E-state index is 5.32. The first kappa shape index (κ1) is 9.88. The Bertz CT molecular complexity index is 430. The van der Waals surface area contributed by atoms with Gasteiger partial charge in [0, 0.05) is 11.6 Å². The molecule has 2 heteroatoms. The van der Waals surface area contributed by atoms with E-state index < -0.39 is 0 Å². The summed E-state index contributed by atoms with van der Waals surface area (Å²) in [5.41, 5.74) is 2.75. The number of hydrogen-bond donors (Lipinski definition) is 0. The van der Waals surface area contributed by atoms with Crippen molar-refractivity contribution in [1.82, 2.24) is 0 Å². The molecule has 0 amide bonds. The van der Waals surface area contributed by atoms with Crippen LogP contribution in [0.5, 0.6) is 5.75 Å². The molecule has 1 aliphatic heterocycles. The highest BCUT2D eigenvalue weighted by Crippen LogP contribution is 2.47. The molecular formula is C14H17NO. The molecule has 1 aromatic rings. The number of nitrogens with zero attached hydrogens (tertiary/aromatic N) is 1. The first-order chi connectivity index (χ1) is 7.84. The monoisotopic (exact) mass is 215 g/mol. The summed E-state index contributed by atoms with van der Waals surface area (Å²) >= 11 is 0. The van der Waals surface area contributed by atoms with Gasteiger partial charge in [0.15, 0.2) is 0 Å². The molecule has 2 nitrogen and oxygen atoms in total. The van der Waals surface area contributed by atoms with Crippen molar-refractivity contribution in [1.29, 1.82) is 0 Å². The highest BCUT2D eigenvalue weighted by molar-refractivity contribution is 5.85. The Balaban J connectivity index is 2.05. The van der Waals surface area contributed by atoms with E-state index >= 15 is 0 Å². The van der Waals surface area contributed by atoms with Crippen molar-refractivity contribution in [3.05, 3.63) is 23.8 Å². The van der Waals surface area contributed by atoms with Gasteiger partial charge in [-0.15, -0.1) is 0 Å². The number of aliphatic imine (C=N–C) groups is 1. The predicted octanol–water partition coefficient (Wildman–Crippen LogP) is 3.61. The second-order valence-corrected chi connectivity index (χ2v) is 4.86. The minimum atomic E-state index is 0.224. The summed E-state index contributed by atoms with van der Waals surface area (Å²) in [5.74, 6) is 0.953. The van der Waals surface area contributed by atoms with Crippen LogP contribution in [-0.2, 0) is 5.41 Å². The topological polar surface area (TPSA) is 21.6 Å². The van der Waals surface area contributed by atoms with E-state index in [1.165, 1.54) is 37.7 Å². The van der Waals surface area contributed by atoms with Crippen LogP contribution in [0.4, 0.5) is 5.69 Å². The van der Waals surface area contributed by atoms with Gasteiger partial charge < -0.3 is 4.74 Å². The van der Waals surface area contributed by atoms with Crippen molar-refractivity contribution in [2.75, 3.05) is 7.11 Å². The molecule has 0 aromatic heterocycles. The number of ether oxygens (including phenoxy) is 1. The molecule has 1 fully saturated rings. The van der Waals surface area contributed by atoms with E-state index in [4.69, 9.17) is 4.74 Å². The normalized spacial score (nSPS) is 21.1. The first-order valence-corrected chi connectivity index (χ1v) is 6.08. The van der Waals surface area contributed by atoms with Crippen LogP contribution in [0, 0.1) is 0 Å². The van der Waals surface area contributed by atoms with E-state index in [0.717, 1.165) is 11.4 Å². The molecule has 1 aliphatic carbocycles. The fourth-order valence-corrected chi connectivity index (χ4v) is 3.00. The fraction of sp³-hybridized carbons (Fsp3) is 0.500. The number of methoxy groups -OCH3 is 1. The van der Waals surface area contributed by atoms with Gasteiger partial charge in [-0.25, -0.2) is 0 Å². The Kier molecular flexibility index (Phi) is 2.23. The smallest absolute Gasteiger partial charge is 0.119 e. The summed E-state index contributed by atoms with van der Waals surface area (Å²) in [6.07, 6.45) is 8.68. The molecule has 0 saturated heterocycles. The summed E-state index contributed by atoms with van der Waals surface area (Å²) in [6.45, 7) is 0. The highest BCUT2D eigenvalue weighted by atomic mass is 16.5. The lowest BCUT2D eigenvalue weighted by atomic mass is 9.71. The minimum absolute atomic E-state index is 0.224. The SMILES string of the molecule is COc1ccc2c(c1)C1(C=N2)CCCCC1. The van der Waals surface area contributed by atoms with E-state index in [0.29, 0.717) is 0 Å². The standard InChI is InChI=1S/C14H17NO/c1-16-11-5-6-13-12(9-11)14(10-15-13)7-3-2-4-8-14/h5-6,9-10H,2-4,7-8H2,1H3. The zero-order chi connectivity index (χ0) is 11.0. The van der Waals surface area contributed by atoms with Crippen molar-refractivity contribution >= 4 is 11.9 Å². The van der Waals surface area contributed by atoms with E-state index in [1.807, 2.05) is 6.07 Å². The van der Waals surface area contributed by atoms with Crippen LogP contribution in [-0.4, -0.2) is 13.3 Å². The van der Waals surface area contributed by atoms with Gasteiger partial charge in [0.05, 0.1) is 12.8 Å². The summed E-state index contributed by atoms with van der Waals surface area (Å²) in [4.78, 5) is 4.57. The zero-order valence-corrected chi connectivity index (χ0v) is 9.70. The molecule has 1 aromatic carbocycles. The zero-order valence-electron chi connectivity index (χ0n) is 9.70. The third-order valence-corrected chi connectivity index (χ3v) is 3.94. The molecule has 0 unspecified atom stereocenters. The molecule has 2 aliphatic rings. The molecule has 0 atom stereocenters. The molecule has 1 spiro atoms.